The van der Waals surface area contributed by atoms with Crippen molar-refractivity contribution in [2.45, 2.75) is 71.4 Å². The number of amides is 2. The van der Waals surface area contributed by atoms with Gasteiger partial charge in [0.15, 0.2) is 0 Å². The lowest BCUT2D eigenvalue weighted by atomic mass is 10.1. The van der Waals surface area contributed by atoms with Gasteiger partial charge in [0.1, 0.15) is 12.6 Å². The molecule has 1 atom stereocenters. The van der Waals surface area contributed by atoms with Crippen LogP contribution in [0, 0.1) is 20.8 Å². The number of rotatable bonds is 13. The van der Waals surface area contributed by atoms with E-state index >= 15 is 0 Å². The van der Waals surface area contributed by atoms with Gasteiger partial charge in [0.05, 0.1) is 20.6 Å². The fourth-order valence-corrected chi connectivity index (χ4v) is 6.23. The summed E-state index contributed by atoms with van der Waals surface area (Å²) in [7, 11) is -4.14. The van der Waals surface area contributed by atoms with E-state index in [2.05, 4.69) is 5.32 Å². The molecule has 0 aromatic heterocycles. The Hall–Kier alpha value is -3.07. The van der Waals surface area contributed by atoms with Crippen molar-refractivity contribution in [3.8, 4) is 0 Å². The van der Waals surface area contributed by atoms with E-state index in [0.717, 1.165) is 33.8 Å². The first-order chi connectivity index (χ1) is 19.9. The molecule has 0 aliphatic heterocycles. The lowest BCUT2D eigenvalue weighted by Crippen LogP contribution is -2.52. The number of benzene rings is 3. The van der Waals surface area contributed by atoms with Crippen LogP contribution >= 0.6 is 23.2 Å². The molecule has 0 fully saturated rings. The normalized spacial score (nSPS) is 12.1. The average molecular weight is 633 g/mol. The molecule has 226 valence electrons. The molecule has 1 unspecified atom stereocenters. The summed E-state index contributed by atoms with van der Waals surface area (Å²) in [6.45, 7) is 9.57. The third kappa shape index (κ3) is 8.27. The molecule has 0 aliphatic carbocycles. The summed E-state index contributed by atoms with van der Waals surface area (Å²) in [4.78, 5) is 29.0. The molecule has 0 bridgehead atoms. The summed E-state index contributed by atoms with van der Waals surface area (Å²) in [6, 6.07) is 16.0. The molecule has 1 N–H and O–H groups in total. The average Bonchev–Trinajstić information content (AvgIpc) is 2.95. The molecule has 0 spiro atoms. The van der Waals surface area contributed by atoms with E-state index in [-0.39, 0.29) is 17.3 Å². The summed E-state index contributed by atoms with van der Waals surface area (Å²) in [5, 5.41) is 3.61. The van der Waals surface area contributed by atoms with E-state index in [0.29, 0.717) is 34.3 Å². The minimum atomic E-state index is -4.14. The number of hydrogen-bond donors (Lipinski definition) is 1. The van der Waals surface area contributed by atoms with Crippen LogP contribution in [0.4, 0.5) is 5.69 Å². The number of carbonyl (C=O) groups excluding carboxylic acids is 2. The molecule has 2 amide bonds. The standard InChI is InChI=1S/C32H39Cl2N3O4S/c1-6-8-17-35-32(39)30(7-2)36(20-25-12-16-28(33)29(34)19-25)31(38)21-37(26-13-11-23(4)24(5)18-26)42(40,41)27-14-9-22(3)10-15-27/h9-16,18-19,30H,6-8,17,20-21H2,1-5H3,(H,35,39). The van der Waals surface area contributed by atoms with Gasteiger partial charge in [-0.05, 0) is 86.7 Å². The number of hydrogen-bond acceptors (Lipinski definition) is 4. The van der Waals surface area contributed by atoms with Crippen LogP contribution in [0.25, 0.3) is 0 Å². The van der Waals surface area contributed by atoms with Crippen molar-refractivity contribution in [3.63, 3.8) is 0 Å². The van der Waals surface area contributed by atoms with Gasteiger partial charge >= 0.3 is 0 Å². The van der Waals surface area contributed by atoms with Gasteiger partial charge in [-0.3, -0.25) is 13.9 Å². The van der Waals surface area contributed by atoms with E-state index in [4.69, 9.17) is 23.2 Å². The van der Waals surface area contributed by atoms with E-state index in [9.17, 15) is 18.0 Å². The van der Waals surface area contributed by atoms with Crippen LogP contribution in [0.5, 0.6) is 0 Å². The van der Waals surface area contributed by atoms with Crippen LogP contribution < -0.4 is 9.62 Å². The fraction of sp³-hybridized carbons (Fsp3) is 0.375. The monoisotopic (exact) mass is 631 g/mol. The van der Waals surface area contributed by atoms with E-state index in [1.165, 1.54) is 17.0 Å². The molecular weight excluding hydrogens is 593 g/mol. The summed E-state index contributed by atoms with van der Waals surface area (Å²) < 4.78 is 29.2. The third-order valence-electron chi connectivity index (χ3n) is 7.22. The highest BCUT2D eigenvalue weighted by atomic mass is 35.5. The van der Waals surface area contributed by atoms with Crippen LogP contribution in [0.15, 0.2) is 65.6 Å². The molecule has 0 aliphatic rings. The quantitative estimate of drug-likeness (QED) is 0.209. The highest BCUT2D eigenvalue weighted by Gasteiger charge is 2.33. The van der Waals surface area contributed by atoms with Gasteiger partial charge in [-0.25, -0.2) is 8.42 Å². The van der Waals surface area contributed by atoms with Gasteiger partial charge in [-0.15, -0.1) is 0 Å². The summed E-state index contributed by atoms with van der Waals surface area (Å²) >= 11 is 12.4. The number of sulfonamides is 1. The number of carbonyl (C=O) groups is 2. The number of anilines is 1. The van der Waals surface area contributed by atoms with Crippen LogP contribution in [0.1, 0.15) is 55.4 Å². The second kappa shape index (κ2) is 14.9. The van der Waals surface area contributed by atoms with Gasteiger partial charge in [-0.2, -0.15) is 0 Å². The molecule has 3 aromatic carbocycles. The first kappa shape index (κ1) is 33.4. The Kier molecular flexibility index (Phi) is 11.9. The summed E-state index contributed by atoms with van der Waals surface area (Å²) in [5.41, 5.74) is 3.82. The Bertz CT molecular complexity index is 1510. The van der Waals surface area contributed by atoms with Crippen LogP contribution in [-0.2, 0) is 26.2 Å². The molecule has 0 heterocycles. The van der Waals surface area contributed by atoms with Crippen molar-refractivity contribution in [1.82, 2.24) is 10.2 Å². The van der Waals surface area contributed by atoms with Gasteiger partial charge < -0.3 is 10.2 Å². The van der Waals surface area contributed by atoms with Crippen molar-refractivity contribution < 1.29 is 18.0 Å². The molecule has 0 saturated heterocycles. The van der Waals surface area contributed by atoms with E-state index < -0.39 is 28.5 Å². The molecule has 7 nitrogen and oxygen atoms in total. The SMILES string of the molecule is CCCCNC(=O)C(CC)N(Cc1ccc(Cl)c(Cl)c1)C(=O)CN(c1ccc(C)c(C)c1)S(=O)(=O)c1ccc(C)cc1. The zero-order valence-corrected chi connectivity index (χ0v) is 27.1. The molecule has 0 radical (unpaired) electrons. The Morgan fingerprint density at radius 2 is 1.57 bits per heavy atom. The maximum Gasteiger partial charge on any atom is 0.264 e. The molecule has 42 heavy (non-hydrogen) atoms. The highest BCUT2D eigenvalue weighted by Crippen LogP contribution is 2.28. The second-order valence-corrected chi connectivity index (χ2v) is 13.1. The first-order valence-electron chi connectivity index (χ1n) is 14.1. The Morgan fingerprint density at radius 1 is 0.881 bits per heavy atom. The van der Waals surface area contributed by atoms with E-state index in [1.807, 2.05) is 40.7 Å². The number of aryl methyl sites for hydroxylation is 3. The second-order valence-electron chi connectivity index (χ2n) is 10.4. The minimum absolute atomic E-state index is 0.0424. The maximum atomic E-state index is 14.2. The first-order valence-corrected chi connectivity index (χ1v) is 16.3. The Labute approximate surface area is 259 Å². The molecule has 3 rings (SSSR count). The topological polar surface area (TPSA) is 86.8 Å². The third-order valence-corrected chi connectivity index (χ3v) is 9.75. The van der Waals surface area contributed by atoms with Crippen molar-refractivity contribution >= 4 is 50.7 Å². The summed E-state index contributed by atoms with van der Waals surface area (Å²) in [6.07, 6.45) is 2.04. The van der Waals surface area contributed by atoms with Crippen LogP contribution in [0.3, 0.4) is 0 Å². The minimum Gasteiger partial charge on any atom is -0.354 e. The summed E-state index contributed by atoms with van der Waals surface area (Å²) in [5.74, 6) is -0.814. The number of unbranched alkanes of at least 4 members (excludes halogenated alkanes) is 1. The van der Waals surface area contributed by atoms with Gasteiger partial charge in [0, 0.05) is 13.1 Å². The van der Waals surface area contributed by atoms with Crippen LogP contribution in [-0.4, -0.2) is 44.3 Å². The van der Waals surface area contributed by atoms with E-state index in [1.54, 1.807) is 42.5 Å². The van der Waals surface area contributed by atoms with Crippen molar-refractivity contribution in [2.75, 3.05) is 17.4 Å². The van der Waals surface area contributed by atoms with Crippen molar-refractivity contribution in [2.24, 2.45) is 0 Å². The molecule has 0 saturated carbocycles. The fourth-order valence-electron chi connectivity index (χ4n) is 4.51. The Morgan fingerprint density at radius 3 is 2.17 bits per heavy atom. The zero-order chi connectivity index (χ0) is 31.0. The predicted molar refractivity (Wildman–Crippen MR) is 171 cm³/mol. The lowest BCUT2D eigenvalue weighted by molar-refractivity contribution is -0.140. The smallest absolute Gasteiger partial charge is 0.264 e. The molecular formula is C32H39Cl2N3O4S. The number of nitrogens with zero attached hydrogens (tertiary/aromatic N) is 2. The van der Waals surface area contributed by atoms with Crippen molar-refractivity contribution in [1.29, 1.82) is 0 Å². The Balaban J connectivity index is 2.07. The predicted octanol–water partition coefficient (Wildman–Crippen LogP) is 6.84. The van der Waals surface area contributed by atoms with Crippen LogP contribution in [0.2, 0.25) is 10.0 Å². The van der Waals surface area contributed by atoms with Gasteiger partial charge in [0.25, 0.3) is 10.0 Å². The number of halogens is 2. The molecule has 10 heteroatoms. The maximum absolute atomic E-state index is 14.2. The van der Waals surface area contributed by atoms with Gasteiger partial charge in [0.2, 0.25) is 11.8 Å². The van der Waals surface area contributed by atoms with Crippen molar-refractivity contribution in [3.05, 3.63) is 93.0 Å². The number of nitrogens with one attached hydrogen (secondary N) is 1. The highest BCUT2D eigenvalue weighted by molar-refractivity contribution is 7.92. The molecule has 3 aromatic rings. The lowest BCUT2D eigenvalue weighted by Gasteiger charge is -2.33. The van der Waals surface area contributed by atoms with Gasteiger partial charge in [-0.1, -0.05) is 73.3 Å². The largest absolute Gasteiger partial charge is 0.354 e. The zero-order valence-electron chi connectivity index (χ0n) is 24.8.